The van der Waals surface area contributed by atoms with Gasteiger partial charge in [-0.15, -0.1) is 0 Å². The smallest absolute Gasteiger partial charge is 0.380 e. The number of aliphatic hydroxyl groups is 1. The maximum absolute atomic E-state index is 11.4. The van der Waals surface area contributed by atoms with Crippen molar-refractivity contribution in [1.82, 2.24) is 0 Å². The fourth-order valence-corrected chi connectivity index (χ4v) is 7.53. The molecule has 1 aromatic carbocycles. The monoisotopic (exact) mass is 393 g/mol. The first kappa shape index (κ1) is 17.8. The number of ether oxygens (including phenoxy) is 1. The largest absolute Gasteiger partial charge is 0.493 e. The van der Waals surface area contributed by atoms with Gasteiger partial charge in [0, 0.05) is 0 Å². The molecule has 4 aliphatic carbocycles. The number of aliphatic hydroxyl groups excluding tert-OH is 1. The molecule has 0 radical (unpaired) electrons. The highest BCUT2D eigenvalue weighted by molar-refractivity contribution is 7.84. The molecule has 5 rings (SSSR count). The van der Waals surface area contributed by atoms with Crippen molar-refractivity contribution >= 4 is 10.3 Å². The maximum atomic E-state index is 11.4. The summed E-state index contributed by atoms with van der Waals surface area (Å²) >= 11 is 0. The SMILES string of the molecule is COc1cc2c(cc1OS(N)(=O)=O)CC[C@@H]1[C@@H]2CC[C@]2(C)[C@@H](O)C[C@@H]3C[C@]312. The second-order valence-electron chi connectivity index (χ2n) is 9.18. The quantitative estimate of drug-likeness (QED) is 0.822. The van der Waals surface area contributed by atoms with Crippen molar-refractivity contribution in [3.05, 3.63) is 23.3 Å². The molecule has 3 saturated carbocycles. The molecule has 4 aliphatic rings. The molecule has 3 fully saturated rings. The van der Waals surface area contributed by atoms with E-state index >= 15 is 0 Å². The Hall–Kier alpha value is -1.31. The normalized spacial score (nSPS) is 41.8. The van der Waals surface area contributed by atoms with Gasteiger partial charge in [0.1, 0.15) is 0 Å². The van der Waals surface area contributed by atoms with Crippen molar-refractivity contribution in [2.45, 2.75) is 57.5 Å². The Labute approximate surface area is 160 Å². The molecule has 0 saturated heterocycles. The topological polar surface area (TPSA) is 98.9 Å². The lowest BCUT2D eigenvalue weighted by molar-refractivity contribution is -0.0558. The van der Waals surface area contributed by atoms with Crippen molar-refractivity contribution in [2.75, 3.05) is 7.11 Å². The lowest BCUT2D eigenvalue weighted by Gasteiger charge is -2.52. The summed E-state index contributed by atoms with van der Waals surface area (Å²) in [6.07, 6.45) is 6.11. The molecule has 6 nitrogen and oxygen atoms in total. The van der Waals surface area contributed by atoms with Gasteiger partial charge in [-0.2, -0.15) is 13.6 Å². The molecular weight excluding hydrogens is 366 g/mol. The van der Waals surface area contributed by atoms with E-state index in [0.29, 0.717) is 23.5 Å². The van der Waals surface area contributed by atoms with Crippen LogP contribution < -0.4 is 14.1 Å². The predicted octanol–water partition coefficient (Wildman–Crippen LogP) is 2.49. The molecular formula is C20H27NO5S. The molecule has 148 valence electrons. The number of benzene rings is 1. The van der Waals surface area contributed by atoms with Crippen LogP contribution in [0.5, 0.6) is 11.5 Å². The van der Waals surface area contributed by atoms with Crippen LogP contribution in [0.1, 0.15) is 56.1 Å². The number of aryl methyl sites for hydroxylation is 1. The standard InChI is InChI=1S/C20H27NO5S/c1-19-6-5-13-14-9-16(25-2)17(26-27(21,23)24)7-11(14)3-4-15(13)20(19)10-12(20)8-18(19)22/h7,9,12-13,15,18,22H,3-6,8,10H2,1-2H3,(H2,21,23,24)/t12-,13-,15-,18+,19-,20+/m1/s1. The van der Waals surface area contributed by atoms with Crippen molar-refractivity contribution in [3.8, 4) is 11.5 Å². The van der Waals surface area contributed by atoms with E-state index in [1.165, 1.54) is 19.1 Å². The lowest BCUT2D eigenvalue weighted by Crippen LogP contribution is -2.47. The predicted molar refractivity (Wildman–Crippen MR) is 99.8 cm³/mol. The molecule has 1 spiro atoms. The molecule has 0 amide bonds. The fraction of sp³-hybridized carbons (Fsp3) is 0.700. The van der Waals surface area contributed by atoms with E-state index in [2.05, 4.69) is 6.92 Å². The van der Waals surface area contributed by atoms with Crippen LogP contribution in [-0.4, -0.2) is 26.7 Å². The Morgan fingerprint density at radius 1 is 1.26 bits per heavy atom. The van der Waals surface area contributed by atoms with Crippen LogP contribution in [-0.2, 0) is 16.7 Å². The van der Waals surface area contributed by atoms with Gasteiger partial charge in [0.2, 0.25) is 0 Å². The maximum Gasteiger partial charge on any atom is 0.380 e. The summed E-state index contributed by atoms with van der Waals surface area (Å²) in [7, 11) is -2.58. The third-order valence-electron chi connectivity index (χ3n) is 8.34. The summed E-state index contributed by atoms with van der Waals surface area (Å²) in [5.41, 5.74) is 2.73. The second kappa shape index (κ2) is 5.39. The molecule has 0 heterocycles. The molecule has 0 unspecified atom stereocenters. The van der Waals surface area contributed by atoms with E-state index in [0.717, 1.165) is 37.7 Å². The number of rotatable bonds is 3. The van der Waals surface area contributed by atoms with Crippen LogP contribution in [0.15, 0.2) is 12.1 Å². The van der Waals surface area contributed by atoms with Crippen LogP contribution in [0, 0.1) is 22.7 Å². The summed E-state index contributed by atoms with van der Waals surface area (Å²) < 4.78 is 33.1. The van der Waals surface area contributed by atoms with Gasteiger partial charge in [0.15, 0.2) is 11.5 Å². The summed E-state index contributed by atoms with van der Waals surface area (Å²) in [5, 5.41) is 15.7. The van der Waals surface area contributed by atoms with E-state index in [1.54, 1.807) is 6.07 Å². The summed E-state index contributed by atoms with van der Waals surface area (Å²) in [5.74, 6) is 2.26. The first-order valence-electron chi connectivity index (χ1n) is 9.81. The van der Waals surface area contributed by atoms with Gasteiger partial charge >= 0.3 is 10.3 Å². The van der Waals surface area contributed by atoms with Gasteiger partial charge in [0.25, 0.3) is 0 Å². The van der Waals surface area contributed by atoms with Gasteiger partial charge in [0.05, 0.1) is 13.2 Å². The molecule has 3 N–H and O–H groups in total. The van der Waals surface area contributed by atoms with Crippen LogP contribution >= 0.6 is 0 Å². The van der Waals surface area contributed by atoms with Gasteiger partial charge in [-0.1, -0.05) is 6.92 Å². The molecule has 27 heavy (non-hydrogen) atoms. The van der Waals surface area contributed by atoms with Crippen LogP contribution in [0.25, 0.3) is 0 Å². The van der Waals surface area contributed by atoms with Gasteiger partial charge in [-0.25, -0.2) is 0 Å². The van der Waals surface area contributed by atoms with Crippen molar-refractivity contribution < 1.29 is 22.4 Å². The summed E-state index contributed by atoms with van der Waals surface area (Å²) in [4.78, 5) is 0. The highest BCUT2D eigenvalue weighted by atomic mass is 32.2. The fourth-order valence-electron chi connectivity index (χ4n) is 7.15. The van der Waals surface area contributed by atoms with Gasteiger partial charge in [-0.05, 0) is 90.4 Å². The molecule has 0 aromatic heterocycles. The Bertz CT molecular complexity index is 915. The third kappa shape index (κ3) is 2.28. The number of fused-ring (bicyclic) bond motifs is 3. The first-order chi connectivity index (χ1) is 12.7. The average molecular weight is 394 g/mol. The highest BCUT2D eigenvalue weighted by Gasteiger charge is 2.76. The minimum Gasteiger partial charge on any atom is -0.493 e. The Balaban J connectivity index is 1.55. The number of hydrogen-bond donors (Lipinski definition) is 2. The highest BCUT2D eigenvalue weighted by Crippen LogP contribution is 2.81. The van der Waals surface area contributed by atoms with Gasteiger partial charge in [-0.3, -0.25) is 0 Å². The van der Waals surface area contributed by atoms with E-state index < -0.39 is 10.3 Å². The zero-order valence-electron chi connectivity index (χ0n) is 15.8. The molecule has 0 bridgehead atoms. The Kier molecular flexibility index (Phi) is 3.55. The van der Waals surface area contributed by atoms with Crippen LogP contribution in [0.2, 0.25) is 0 Å². The molecule has 1 aromatic rings. The Morgan fingerprint density at radius 2 is 2.04 bits per heavy atom. The third-order valence-corrected chi connectivity index (χ3v) is 8.75. The van der Waals surface area contributed by atoms with Crippen molar-refractivity contribution in [3.63, 3.8) is 0 Å². The van der Waals surface area contributed by atoms with Gasteiger partial charge < -0.3 is 14.0 Å². The van der Waals surface area contributed by atoms with Crippen LogP contribution in [0.3, 0.4) is 0 Å². The lowest BCUT2D eigenvalue weighted by atomic mass is 9.52. The zero-order valence-corrected chi connectivity index (χ0v) is 16.6. The van der Waals surface area contributed by atoms with Crippen molar-refractivity contribution in [1.29, 1.82) is 0 Å². The average Bonchev–Trinajstić information content (AvgIpc) is 3.25. The number of nitrogens with two attached hydrogens (primary N) is 1. The van der Waals surface area contributed by atoms with E-state index in [1.807, 2.05) is 6.07 Å². The second-order valence-corrected chi connectivity index (χ2v) is 10.3. The molecule has 6 atom stereocenters. The zero-order chi connectivity index (χ0) is 19.2. The number of methoxy groups -OCH3 is 1. The van der Waals surface area contributed by atoms with E-state index in [4.69, 9.17) is 14.1 Å². The summed E-state index contributed by atoms with van der Waals surface area (Å²) in [6, 6.07) is 3.74. The minimum absolute atomic E-state index is 0.0527. The first-order valence-corrected chi connectivity index (χ1v) is 11.3. The number of hydrogen-bond acceptors (Lipinski definition) is 5. The van der Waals surface area contributed by atoms with Crippen molar-refractivity contribution in [2.24, 2.45) is 27.8 Å². The minimum atomic E-state index is -4.10. The van der Waals surface area contributed by atoms with E-state index in [9.17, 15) is 13.5 Å². The molecule has 0 aliphatic heterocycles. The summed E-state index contributed by atoms with van der Waals surface area (Å²) in [6.45, 7) is 2.31. The molecule has 7 heteroatoms. The van der Waals surface area contributed by atoms with E-state index in [-0.39, 0.29) is 22.7 Å². The van der Waals surface area contributed by atoms with Crippen LogP contribution in [0.4, 0.5) is 0 Å². The Morgan fingerprint density at radius 3 is 2.74 bits per heavy atom.